The van der Waals surface area contributed by atoms with Crippen LogP contribution in [0.4, 0.5) is 5.69 Å². The molecule has 0 fully saturated rings. The zero-order valence-corrected chi connectivity index (χ0v) is 15.2. The van der Waals surface area contributed by atoms with Crippen molar-refractivity contribution < 1.29 is 9.47 Å². The van der Waals surface area contributed by atoms with Gasteiger partial charge in [0, 0.05) is 12.2 Å². The van der Waals surface area contributed by atoms with Gasteiger partial charge in [0.15, 0.2) is 21.7 Å². The Morgan fingerprint density at radius 1 is 1.00 bits per heavy atom. The number of hydrogen-bond donors (Lipinski definition) is 4. The number of thiocarbonyl (C=S) groups is 2. The van der Waals surface area contributed by atoms with Crippen molar-refractivity contribution in [1.29, 1.82) is 0 Å². The molecule has 25 heavy (non-hydrogen) atoms. The topological polar surface area (TPSA) is 66.6 Å². The van der Waals surface area contributed by atoms with E-state index in [1.165, 1.54) is 0 Å². The molecule has 0 saturated heterocycles. The molecule has 0 spiro atoms. The number of aryl methyl sites for hydroxylation is 1. The maximum Gasteiger partial charge on any atom is 0.231 e. The number of anilines is 1. The van der Waals surface area contributed by atoms with E-state index < -0.39 is 0 Å². The van der Waals surface area contributed by atoms with E-state index in [-0.39, 0.29) is 6.79 Å². The van der Waals surface area contributed by atoms with Gasteiger partial charge in [-0.15, -0.1) is 0 Å². The molecule has 0 bridgehead atoms. The summed E-state index contributed by atoms with van der Waals surface area (Å²) in [7, 11) is 0. The van der Waals surface area contributed by atoms with E-state index in [9.17, 15) is 0 Å². The van der Waals surface area contributed by atoms with Gasteiger partial charge in [0.05, 0.1) is 0 Å². The minimum absolute atomic E-state index is 0.265. The second kappa shape index (κ2) is 8.00. The largest absolute Gasteiger partial charge is 0.454 e. The summed E-state index contributed by atoms with van der Waals surface area (Å²) < 4.78 is 10.6. The number of hydrazine groups is 1. The Kier molecular flexibility index (Phi) is 5.52. The van der Waals surface area contributed by atoms with Crippen LogP contribution in [0.3, 0.4) is 0 Å². The highest BCUT2D eigenvalue weighted by molar-refractivity contribution is 7.80. The molecule has 0 amide bonds. The molecule has 0 unspecified atom stereocenters. The smallest absolute Gasteiger partial charge is 0.231 e. The van der Waals surface area contributed by atoms with E-state index in [2.05, 4.69) is 21.5 Å². The summed E-state index contributed by atoms with van der Waals surface area (Å²) in [5.74, 6) is 1.51. The lowest BCUT2D eigenvalue weighted by Crippen LogP contribution is -2.47. The quantitative estimate of drug-likeness (QED) is 0.483. The molecule has 130 valence electrons. The maximum atomic E-state index is 5.35. The minimum Gasteiger partial charge on any atom is -0.454 e. The van der Waals surface area contributed by atoms with Gasteiger partial charge in [-0.1, -0.05) is 18.2 Å². The first kappa shape index (κ1) is 17.2. The molecule has 1 aliphatic rings. The van der Waals surface area contributed by atoms with Crippen LogP contribution in [-0.2, 0) is 6.54 Å². The number of ether oxygens (including phenoxy) is 2. The first-order valence-electron chi connectivity index (χ1n) is 7.66. The first-order chi connectivity index (χ1) is 12.1. The van der Waals surface area contributed by atoms with Gasteiger partial charge in [0.1, 0.15) is 0 Å². The SMILES string of the molecule is Cc1cccc(NC(=S)NNC(=S)NCc2ccc3c(c2)OCO3)c1. The van der Waals surface area contributed by atoms with E-state index >= 15 is 0 Å². The van der Waals surface area contributed by atoms with Gasteiger partial charge in [0.25, 0.3) is 0 Å². The molecule has 1 aliphatic heterocycles. The van der Waals surface area contributed by atoms with E-state index in [0.717, 1.165) is 28.3 Å². The third-order valence-electron chi connectivity index (χ3n) is 3.46. The van der Waals surface area contributed by atoms with Crippen LogP contribution in [0.15, 0.2) is 42.5 Å². The highest BCUT2D eigenvalue weighted by Gasteiger charge is 2.13. The Bertz CT molecular complexity index is 798. The normalized spacial score (nSPS) is 11.6. The molecule has 0 atom stereocenters. The Morgan fingerprint density at radius 3 is 2.64 bits per heavy atom. The summed E-state index contributed by atoms with van der Waals surface area (Å²) in [6.07, 6.45) is 0. The third-order valence-corrected chi connectivity index (χ3v) is 3.91. The summed E-state index contributed by atoms with van der Waals surface area (Å²) in [6, 6.07) is 13.7. The molecule has 2 aromatic carbocycles. The number of nitrogens with one attached hydrogen (secondary N) is 4. The van der Waals surface area contributed by atoms with Crippen LogP contribution in [0, 0.1) is 6.92 Å². The molecule has 0 saturated carbocycles. The van der Waals surface area contributed by atoms with Crippen molar-refractivity contribution in [3.05, 3.63) is 53.6 Å². The number of hydrogen-bond acceptors (Lipinski definition) is 4. The van der Waals surface area contributed by atoms with Crippen LogP contribution in [0.2, 0.25) is 0 Å². The van der Waals surface area contributed by atoms with Crippen molar-refractivity contribution in [2.24, 2.45) is 0 Å². The highest BCUT2D eigenvalue weighted by Crippen LogP contribution is 2.32. The monoisotopic (exact) mass is 374 g/mol. The molecule has 3 rings (SSSR count). The number of benzene rings is 2. The van der Waals surface area contributed by atoms with E-state index in [0.29, 0.717) is 16.8 Å². The predicted molar refractivity (Wildman–Crippen MR) is 106 cm³/mol. The van der Waals surface area contributed by atoms with E-state index in [1.807, 2.05) is 49.4 Å². The fraction of sp³-hybridized carbons (Fsp3) is 0.176. The summed E-state index contributed by atoms with van der Waals surface area (Å²) >= 11 is 10.5. The predicted octanol–water partition coefficient (Wildman–Crippen LogP) is 2.59. The number of rotatable bonds is 3. The average molecular weight is 374 g/mol. The Morgan fingerprint density at radius 2 is 1.80 bits per heavy atom. The van der Waals surface area contributed by atoms with Crippen molar-refractivity contribution in [2.45, 2.75) is 13.5 Å². The Labute approximate surface area is 156 Å². The minimum atomic E-state index is 0.265. The molecule has 2 aromatic rings. The van der Waals surface area contributed by atoms with Gasteiger partial charge in [-0.3, -0.25) is 10.9 Å². The van der Waals surface area contributed by atoms with Gasteiger partial charge in [-0.2, -0.15) is 0 Å². The zero-order chi connectivity index (χ0) is 17.6. The third kappa shape index (κ3) is 4.94. The lowest BCUT2D eigenvalue weighted by atomic mass is 10.2. The zero-order valence-electron chi connectivity index (χ0n) is 13.6. The standard InChI is InChI=1S/C17H18N4O2S2/c1-11-3-2-4-13(7-11)19-17(25)21-20-16(24)18-9-12-5-6-14-15(8-12)23-10-22-14/h2-8H,9-10H2,1H3,(H2,18,20,24)(H2,19,21,25). The first-order valence-corrected chi connectivity index (χ1v) is 8.48. The molecule has 0 aliphatic carbocycles. The molecular formula is C17H18N4O2S2. The second-order valence-corrected chi connectivity index (χ2v) is 6.26. The lowest BCUT2D eigenvalue weighted by molar-refractivity contribution is 0.174. The van der Waals surface area contributed by atoms with Crippen molar-refractivity contribution in [3.63, 3.8) is 0 Å². The Hall–Kier alpha value is -2.58. The van der Waals surface area contributed by atoms with Gasteiger partial charge in [0.2, 0.25) is 6.79 Å². The molecule has 6 nitrogen and oxygen atoms in total. The van der Waals surface area contributed by atoms with Crippen molar-refractivity contribution >= 4 is 40.3 Å². The van der Waals surface area contributed by atoms with E-state index in [1.54, 1.807) is 0 Å². The maximum absolute atomic E-state index is 5.35. The molecule has 0 aromatic heterocycles. The van der Waals surface area contributed by atoms with Crippen LogP contribution in [-0.4, -0.2) is 17.0 Å². The van der Waals surface area contributed by atoms with Crippen LogP contribution in [0.1, 0.15) is 11.1 Å². The van der Waals surface area contributed by atoms with Crippen LogP contribution in [0.5, 0.6) is 11.5 Å². The highest BCUT2D eigenvalue weighted by atomic mass is 32.1. The summed E-state index contributed by atoms with van der Waals surface area (Å²) in [5, 5.41) is 7.04. The molecule has 4 N–H and O–H groups in total. The van der Waals surface area contributed by atoms with Gasteiger partial charge < -0.3 is 20.1 Å². The van der Waals surface area contributed by atoms with Crippen LogP contribution in [0.25, 0.3) is 0 Å². The van der Waals surface area contributed by atoms with E-state index in [4.69, 9.17) is 33.9 Å². The van der Waals surface area contributed by atoms with Gasteiger partial charge >= 0.3 is 0 Å². The summed E-state index contributed by atoms with van der Waals surface area (Å²) in [5.41, 5.74) is 8.81. The van der Waals surface area contributed by atoms with Crippen LogP contribution < -0.4 is 31.0 Å². The molecule has 1 heterocycles. The van der Waals surface area contributed by atoms with Gasteiger partial charge in [-0.05, 0) is 66.8 Å². The van der Waals surface area contributed by atoms with Crippen molar-refractivity contribution in [1.82, 2.24) is 16.2 Å². The summed E-state index contributed by atoms with van der Waals surface area (Å²) in [6.45, 7) is 2.85. The second-order valence-electron chi connectivity index (χ2n) is 5.44. The Balaban J connectivity index is 1.41. The number of fused-ring (bicyclic) bond motifs is 1. The molecule has 0 radical (unpaired) electrons. The molecular weight excluding hydrogens is 356 g/mol. The summed E-state index contributed by atoms with van der Waals surface area (Å²) in [4.78, 5) is 0. The molecule has 8 heteroatoms. The average Bonchev–Trinajstić information content (AvgIpc) is 3.06. The fourth-order valence-electron chi connectivity index (χ4n) is 2.28. The van der Waals surface area contributed by atoms with Crippen molar-refractivity contribution in [3.8, 4) is 11.5 Å². The van der Waals surface area contributed by atoms with Gasteiger partial charge in [-0.25, -0.2) is 0 Å². The lowest BCUT2D eigenvalue weighted by Gasteiger charge is -2.14. The fourth-order valence-corrected chi connectivity index (χ4v) is 2.57. The van der Waals surface area contributed by atoms with Crippen molar-refractivity contribution in [2.75, 3.05) is 12.1 Å². The van der Waals surface area contributed by atoms with Crippen LogP contribution >= 0.6 is 24.4 Å².